The van der Waals surface area contributed by atoms with Crippen LogP contribution in [-0.4, -0.2) is 36.9 Å². The summed E-state index contributed by atoms with van der Waals surface area (Å²) in [7, 11) is 1.75. The maximum Gasteiger partial charge on any atom is 0.265 e. The normalized spacial score (nSPS) is 10.3. The van der Waals surface area contributed by atoms with Crippen LogP contribution in [0.25, 0.3) is 0 Å². The zero-order valence-corrected chi connectivity index (χ0v) is 16.4. The fourth-order valence-corrected chi connectivity index (χ4v) is 3.30. The lowest BCUT2D eigenvalue weighted by atomic mass is 10.1. The Hall–Kier alpha value is -3.12. The summed E-state index contributed by atoms with van der Waals surface area (Å²) in [6.45, 7) is 1.08. The molecule has 2 aromatic carbocycles. The summed E-state index contributed by atoms with van der Waals surface area (Å²) in [5.74, 6) is 0.467. The van der Waals surface area contributed by atoms with E-state index in [-0.39, 0.29) is 11.8 Å². The number of hydrogen-bond donors (Lipinski definition) is 1. The Bertz CT molecular complexity index is 911. The Morgan fingerprint density at radius 3 is 2.50 bits per heavy atom. The van der Waals surface area contributed by atoms with Gasteiger partial charge in [0, 0.05) is 13.6 Å². The highest BCUT2D eigenvalue weighted by molar-refractivity contribution is 7.12. The van der Waals surface area contributed by atoms with Gasteiger partial charge >= 0.3 is 0 Å². The molecule has 0 bridgehead atoms. The molecule has 0 unspecified atom stereocenters. The molecule has 0 atom stereocenters. The zero-order chi connectivity index (χ0) is 19.8. The van der Waals surface area contributed by atoms with Crippen LogP contribution in [-0.2, 0) is 0 Å². The van der Waals surface area contributed by atoms with Crippen LogP contribution in [0.2, 0.25) is 0 Å². The number of carbonyl (C=O) groups is 2. The first-order valence-corrected chi connectivity index (χ1v) is 9.90. The molecule has 0 aliphatic carbocycles. The maximum atomic E-state index is 12.8. The lowest BCUT2D eigenvalue weighted by Crippen LogP contribution is -2.29. The minimum absolute atomic E-state index is 0.137. The minimum Gasteiger partial charge on any atom is -0.494 e. The van der Waals surface area contributed by atoms with Gasteiger partial charge in [0.25, 0.3) is 11.8 Å². The minimum atomic E-state index is -0.214. The molecular weight excluding hydrogens is 372 g/mol. The average Bonchev–Trinajstić information content (AvgIpc) is 3.27. The number of thiophene rings is 1. The van der Waals surface area contributed by atoms with Gasteiger partial charge in [0.2, 0.25) is 0 Å². The Morgan fingerprint density at radius 2 is 1.75 bits per heavy atom. The van der Waals surface area contributed by atoms with Crippen LogP contribution < -0.4 is 10.1 Å². The maximum absolute atomic E-state index is 12.8. The smallest absolute Gasteiger partial charge is 0.265 e. The number of amides is 2. The second kappa shape index (κ2) is 9.71. The van der Waals surface area contributed by atoms with Crippen LogP contribution in [0.1, 0.15) is 26.5 Å². The van der Waals surface area contributed by atoms with Crippen molar-refractivity contribution in [2.75, 3.05) is 25.5 Å². The van der Waals surface area contributed by atoms with Gasteiger partial charge < -0.3 is 15.0 Å². The van der Waals surface area contributed by atoms with Crippen LogP contribution in [0.15, 0.2) is 72.1 Å². The molecule has 2 amide bonds. The van der Waals surface area contributed by atoms with E-state index in [2.05, 4.69) is 5.32 Å². The zero-order valence-electron chi connectivity index (χ0n) is 15.6. The van der Waals surface area contributed by atoms with Crippen molar-refractivity contribution >= 4 is 28.8 Å². The number of ether oxygens (including phenoxy) is 1. The number of carbonyl (C=O) groups excluding carboxylic acids is 2. The molecule has 0 saturated heterocycles. The van der Waals surface area contributed by atoms with E-state index >= 15 is 0 Å². The first-order valence-electron chi connectivity index (χ1n) is 9.02. The Balaban J connectivity index is 1.56. The first kappa shape index (κ1) is 19.6. The van der Waals surface area contributed by atoms with Crippen LogP contribution in [0, 0.1) is 0 Å². The van der Waals surface area contributed by atoms with E-state index in [0.29, 0.717) is 35.7 Å². The Morgan fingerprint density at radius 1 is 1.00 bits per heavy atom. The highest BCUT2D eigenvalue weighted by Gasteiger charge is 2.17. The second-order valence-electron chi connectivity index (χ2n) is 6.22. The van der Waals surface area contributed by atoms with Crippen LogP contribution >= 0.6 is 11.3 Å². The molecule has 6 heteroatoms. The van der Waals surface area contributed by atoms with Gasteiger partial charge in [0.05, 0.1) is 22.7 Å². The predicted octanol–water partition coefficient (Wildman–Crippen LogP) is 4.54. The second-order valence-corrected chi connectivity index (χ2v) is 7.17. The summed E-state index contributed by atoms with van der Waals surface area (Å²) in [4.78, 5) is 27.4. The van der Waals surface area contributed by atoms with E-state index in [1.54, 1.807) is 42.3 Å². The van der Waals surface area contributed by atoms with Crippen LogP contribution in [0.4, 0.5) is 5.69 Å². The lowest BCUT2D eigenvalue weighted by Gasteiger charge is -2.19. The topological polar surface area (TPSA) is 58.6 Å². The van der Waals surface area contributed by atoms with Gasteiger partial charge in [-0.05, 0) is 42.1 Å². The fourth-order valence-electron chi connectivity index (χ4n) is 2.69. The number of hydrogen-bond acceptors (Lipinski definition) is 4. The Labute approximate surface area is 168 Å². The standard InChI is InChI=1S/C22H22N2O3S/c1-24(14-8-15-27-17-9-3-2-4-10-17)22(26)18-11-5-6-12-19(18)23-21(25)20-13-7-16-28-20/h2-7,9-13,16H,8,14-15H2,1H3,(H,23,25). The summed E-state index contributed by atoms with van der Waals surface area (Å²) < 4.78 is 5.67. The number of rotatable bonds is 8. The molecule has 3 aromatic rings. The quantitative estimate of drug-likeness (QED) is 0.571. The van der Waals surface area contributed by atoms with Crippen molar-refractivity contribution in [1.82, 2.24) is 4.90 Å². The van der Waals surface area contributed by atoms with Crippen molar-refractivity contribution in [2.24, 2.45) is 0 Å². The van der Waals surface area contributed by atoms with Gasteiger partial charge in [-0.2, -0.15) is 0 Å². The number of para-hydroxylation sites is 2. The number of anilines is 1. The van der Waals surface area contributed by atoms with Gasteiger partial charge in [0.15, 0.2) is 0 Å². The summed E-state index contributed by atoms with van der Waals surface area (Å²) in [5.41, 5.74) is 0.983. The highest BCUT2D eigenvalue weighted by atomic mass is 32.1. The number of nitrogens with zero attached hydrogens (tertiary/aromatic N) is 1. The van der Waals surface area contributed by atoms with Crippen LogP contribution in [0.3, 0.4) is 0 Å². The molecule has 0 aliphatic rings. The van der Waals surface area contributed by atoms with Gasteiger partial charge in [-0.25, -0.2) is 0 Å². The van der Waals surface area contributed by atoms with Gasteiger partial charge in [0.1, 0.15) is 5.75 Å². The molecule has 1 N–H and O–H groups in total. The molecule has 0 saturated carbocycles. The van der Waals surface area contributed by atoms with Crippen LogP contribution in [0.5, 0.6) is 5.75 Å². The molecule has 144 valence electrons. The van der Waals surface area contributed by atoms with E-state index in [9.17, 15) is 9.59 Å². The molecule has 0 radical (unpaired) electrons. The highest BCUT2D eigenvalue weighted by Crippen LogP contribution is 2.19. The Kier molecular flexibility index (Phi) is 6.81. The summed E-state index contributed by atoms with van der Waals surface area (Å²) >= 11 is 1.36. The molecule has 0 fully saturated rings. The van der Waals surface area contributed by atoms with Crippen molar-refractivity contribution < 1.29 is 14.3 Å². The molecule has 1 aromatic heterocycles. The number of benzene rings is 2. The van der Waals surface area contributed by atoms with Crippen molar-refractivity contribution in [3.8, 4) is 5.75 Å². The summed E-state index contributed by atoms with van der Waals surface area (Å²) in [6.07, 6.45) is 0.709. The monoisotopic (exact) mass is 394 g/mol. The van der Waals surface area contributed by atoms with Crippen molar-refractivity contribution in [2.45, 2.75) is 6.42 Å². The van der Waals surface area contributed by atoms with Crippen molar-refractivity contribution in [3.05, 3.63) is 82.6 Å². The van der Waals surface area contributed by atoms with Crippen molar-refractivity contribution in [1.29, 1.82) is 0 Å². The van der Waals surface area contributed by atoms with Gasteiger partial charge in [-0.3, -0.25) is 9.59 Å². The van der Waals surface area contributed by atoms with E-state index in [1.807, 2.05) is 41.8 Å². The molecule has 1 heterocycles. The number of nitrogens with one attached hydrogen (secondary N) is 1. The lowest BCUT2D eigenvalue weighted by molar-refractivity contribution is 0.0789. The third-order valence-corrected chi connectivity index (χ3v) is 5.02. The van der Waals surface area contributed by atoms with E-state index < -0.39 is 0 Å². The fraction of sp³-hybridized carbons (Fsp3) is 0.182. The predicted molar refractivity (Wildman–Crippen MR) is 112 cm³/mol. The first-order chi connectivity index (χ1) is 13.6. The molecule has 0 spiro atoms. The molecule has 0 aliphatic heterocycles. The van der Waals surface area contributed by atoms with Gasteiger partial charge in [-0.1, -0.05) is 36.4 Å². The molecule has 3 rings (SSSR count). The molecule has 28 heavy (non-hydrogen) atoms. The van der Waals surface area contributed by atoms with Crippen molar-refractivity contribution in [3.63, 3.8) is 0 Å². The summed E-state index contributed by atoms with van der Waals surface area (Å²) in [5, 5.41) is 4.68. The SMILES string of the molecule is CN(CCCOc1ccccc1)C(=O)c1ccccc1NC(=O)c1cccs1. The van der Waals surface area contributed by atoms with E-state index in [0.717, 1.165) is 5.75 Å². The average molecular weight is 394 g/mol. The van der Waals surface area contributed by atoms with E-state index in [1.165, 1.54) is 11.3 Å². The molecular formula is C22H22N2O3S. The third kappa shape index (κ3) is 5.20. The molecule has 5 nitrogen and oxygen atoms in total. The summed E-state index contributed by atoms with van der Waals surface area (Å²) in [6, 6.07) is 20.2. The van der Waals surface area contributed by atoms with E-state index in [4.69, 9.17) is 4.74 Å². The third-order valence-electron chi connectivity index (χ3n) is 4.15. The van der Waals surface area contributed by atoms with Gasteiger partial charge in [-0.15, -0.1) is 11.3 Å². The largest absolute Gasteiger partial charge is 0.494 e.